The lowest BCUT2D eigenvalue weighted by molar-refractivity contribution is 0.0447. The largest absolute Gasteiger partial charge is 0.461 e. The number of nitrogens with zero attached hydrogens (tertiary/aromatic N) is 1. The van der Waals surface area contributed by atoms with E-state index in [4.69, 9.17) is 9.88 Å². The van der Waals surface area contributed by atoms with Gasteiger partial charge in [-0.1, -0.05) is 13.8 Å². The highest BCUT2D eigenvalue weighted by Crippen LogP contribution is 2.16. The van der Waals surface area contributed by atoms with E-state index in [0.29, 0.717) is 0 Å². The van der Waals surface area contributed by atoms with Gasteiger partial charge in [0.1, 0.15) is 4.90 Å². The number of carbonyl (C=O) groups excluding carboxylic acids is 1. The Labute approximate surface area is 99.4 Å². The van der Waals surface area contributed by atoms with Crippen molar-refractivity contribution < 1.29 is 17.9 Å². The first-order valence-corrected chi connectivity index (χ1v) is 6.53. The van der Waals surface area contributed by atoms with E-state index < -0.39 is 16.0 Å². The number of carbonyl (C=O) groups is 1. The summed E-state index contributed by atoms with van der Waals surface area (Å²) in [6.07, 6.45) is 0. The highest BCUT2D eigenvalue weighted by Gasteiger charge is 2.26. The quantitative estimate of drug-likeness (QED) is 0.750. The molecular weight excluding hydrogens is 246 g/mol. The molecule has 1 heterocycles. The number of esters is 1. The van der Waals surface area contributed by atoms with Gasteiger partial charge in [-0.15, -0.1) is 0 Å². The fourth-order valence-electron chi connectivity index (χ4n) is 1.22. The maximum atomic E-state index is 11.6. The number of rotatable bonds is 4. The molecule has 0 radical (unpaired) electrons. The SMILES string of the molecule is Cc1[nH]nc(C(=O)OCC(C)C)c1S(N)(=O)=O. The zero-order chi connectivity index (χ0) is 13.2. The minimum Gasteiger partial charge on any atom is -0.461 e. The molecule has 1 aromatic rings. The standard InChI is InChI=1S/C9H15N3O4S/c1-5(2)4-16-9(13)7-8(17(10,14)15)6(3)11-12-7/h5H,4H2,1-3H3,(H,11,12)(H2,10,14,15). The van der Waals surface area contributed by atoms with E-state index in [2.05, 4.69) is 10.2 Å². The van der Waals surface area contributed by atoms with Crippen LogP contribution in [0.3, 0.4) is 0 Å². The minimum absolute atomic E-state index is 0.150. The van der Waals surface area contributed by atoms with Crippen molar-refractivity contribution in [1.29, 1.82) is 0 Å². The third-order valence-corrected chi connectivity index (χ3v) is 2.99. The number of aryl methyl sites for hydroxylation is 1. The average molecular weight is 261 g/mol. The van der Waals surface area contributed by atoms with Gasteiger partial charge >= 0.3 is 5.97 Å². The van der Waals surface area contributed by atoms with Crippen molar-refractivity contribution in [3.8, 4) is 0 Å². The Morgan fingerprint density at radius 3 is 2.59 bits per heavy atom. The van der Waals surface area contributed by atoms with Gasteiger partial charge in [-0.2, -0.15) is 5.10 Å². The Morgan fingerprint density at radius 1 is 1.53 bits per heavy atom. The van der Waals surface area contributed by atoms with E-state index in [0.717, 1.165) is 0 Å². The third-order valence-electron chi connectivity index (χ3n) is 1.92. The van der Waals surface area contributed by atoms with Crippen LogP contribution in [0.25, 0.3) is 0 Å². The number of nitrogens with two attached hydrogens (primary N) is 1. The third kappa shape index (κ3) is 3.27. The predicted molar refractivity (Wildman–Crippen MR) is 59.8 cm³/mol. The molecule has 0 amide bonds. The van der Waals surface area contributed by atoms with Crippen molar-refractivity contribution in [3.05, 3.63) is 11.4 Å². The van der Waals surface area contributed by atoms with Gasteiger partial charge < -0.3 is 4.74 Å². The first kappa shape index (κ1) is 13.7. The summed E-state index contributed by atoms with van der Waals surface area (Å²) in [5, 5.41) is 11.0. The molecule has 0 aromatic carbocycles. The van der Waals surface area contributed by atoms with Crippen LogP contribution in [0.1, 0.15) is 30.0 Å². The molecule has 0 saturated heterocycles. The van der Waals surface area contributed by atoms with Gasteiger partial charge in [0.05, 0.1) is 12.3 Å². The molecular formula is C9H15N3O4S. The first-order chi connectivity index (χ1) is 7.73. The highest BCUT2D eigenvalue weighted by atomic mass is 32.2. The van der Waals surface area contributed by atoms with Crippen molar-refractivity contribution in [2.75, 3.05) is 6.61 Å². The number of H-pyrrole nitrogens is 1. The first-order valence-electron chi connectivity index (χ1n) is 4.98. The Hall–Kier alpha value is -1.41. The lowest BCUT2D eigenvalue weighted by Crippen LogP contribution is -2.19. The van der Waals surface area contributed by atoms with Gasteiger partial charge in [-0.3, -0.25) is 5.10 Å². The van der Waals surface area contributed by atoms with Crippen LogP contribution in [0.2, 0.25) is 0 Å². The molecule has 0 fully saturated rings. The number of primary sulfonamides is 1. The molecule has 17 heavy (non-hydrogen) atoms. The van der Waals surface area contributed by atoms with Crippen molar-refractivity contribution in [1.82, 2.24) is 10.2 Å². The maximum Gasteiger partial charge on any atom is 0.360 e. The average Bonchev–Trinajstić information content (AvgIpc) is 2.55. The Morgan fingerprint density at radius 2 is 2.12 bits per heavy atom. The van der Waals surface area contributed by atoms with Gasteiger partial charge in [0, 0.05) is 0 Å². The van der Waals surface area contributed by atoms with Gasteiger partial charge in [-0.25, -0.2) is 18.4 Å². The van der Waals surface area contributed by atoms with Gasteiger partial charge in [-0.05, 0) is 12.8 Å². The summed E-state index contributed by atoms with van der Waals surface area (Å²) in [5.74, 6) is -0.649. The molecule has 8 heteroatoms. The second-order valence-electron chi connectivity index (χ2n) is 4.06. The molecule has 0 bridgehead atoms. The van der Waals surface area contributed by atoms with E-state index in [9.17, 15) is 13.2 Å². The molecule has 0 aliphatic carbocycles. The zero-order valence-electron chi connectivity index (χ0n) is 9.85. The fourth-order valence-corrected chi connectivity index (χ4v) is 2.09. The van der Waals surface area contributed by atoms with E-state index in [1.807, 2.05) is 13.8 Å². The van der Waals surface area contributed by atoms with Crippen LogP contribution in [-0.4, -0.2) is 31.2 Å². The number of nitrogens with one attached hydrogen (secondary N) is 1. The minimum atomic E-state index is -4.00. The summed E-state index contributed by atoms with van der Waals surface area (Å²) in [5.41, 5.74) is -0.0883. The van der Waals surface area contributed by atoms with Crippen LogP contribution in [-0.2, 0) is 14.8 Å². The van der Waals surface area contributed by atoms with Crippen LogP contribution in [0.4, 0.5) is 0 Å². The Kier molecular flexibility index (Phi) is 3.89. The molecule has 0 aliphatic heterocycles. The van der Waals surface area contributed by atoms with Crippen LogP contribution in [0, 0.1) is 12.8 Å². The van der Waals surface area contributed by atoms with Crippen LogP contribution in [0.5, 0.6) is 0 Å². The number of hydrogen-bond acceptors (Lipinski definition) is 5. The van der Waals surface area contributed by atoms with E-state index >= 15 is 0 Å². The van der Waals surface area contributed by atoms with Crippen LogP contribution >= 0.6 is 0 Å². The van der Waals surface area contributed by atoms with E-state index in [1.165, 1.54) is 6.92 Å². The molecule has 0 unspecified atom stereocenters. The second-order valence-corrected chi connectivity index (χ2v) is 5.56. The molecule has 0 aliphatic rings. The normalized spacial score (nSPS) is 11.8. The van der Waals surface area contributed by atoms with Gasteiger partial charge in [0.2, 0.25) is 10.0 Å². The van der Waals surface area contributed by atoms with Gasteiger partial charge in [0.25, 0.3) is 0 Å². The highest BCUT2D eigenvalue weighted by molar-refractivity contribution is 7.89. The summed E-state index contributed by atoms with van der Waals surface area (Å²) in [7, 11) is -4.00. The lowest BCUT2D eigenvalue weighted by atomic mass is 10.2. The lowest BCUT2D eigenvalue weighted by Gasteiger charge is -2.06. The predicted octanol–water partition coefficient (Wildman–Crippen LogP) is 0.178. The van der Waals surface area contributed by atoms with Crippen molar-refractivity contribution in [2.45, 2.75) is 25.7 Å². The molecule has 0 spiro atoms. The van der Waals surface area contributed by atoms with E-state index in [1.54, 1.807) is 0 Å². The smallest absolute Gasteiger partial charge is 0.360 e. The molecule has 7 nitrogen and oxygen atoms in total. The summed E-state index contributed by atoms with van der Waals surface area (Å²) in [6.45, 7) is 5.38. The Bertz CT molecular complexity index is 518. The van der Waals surface area contributed by atoms with Gasteiger partial charge in [0.15, 0.2) is 5.69 Å². The topological polar surface area (TPSA) is 115 Å². The molecule has 0 saturated carbocycles. The van der Waals surface area contributed by atoms with Crippen molar-refractivity contribution in [2.24, 2.45) is 11.1 Å². The summed E-state index contributed by atoms with van der Waals surface area (Å²) < 4.78 is 27.5. The number of ether oxygens (including phenoxy) is 1. The molecule has 1 rings (SSSR count). The summed E-state index contributed by atoms with van der Waals surface area (Å²) in [4.78, 5) is 11.3. The number of aromatic nitrogens is 2. The van der Waals surface area contributed by atoms with Crippen molar-refractivity contribution in [3.63, 3.8) is 0 Å². The molecule has 96 valence electrons. The fraction of sp³-hybridized carbons (Fsp3) is 0.556. The molecule has 3 N–H and O–H groups in total. The monoisotopic (exact) mass is 261 g/mol. The van der Waals surface area contributed by atoms with E-state index in [-0.39, 0.29) is 28.8 Å². The zero-order valence-corrected chi connectivity index (χ0v) is 10.7. The van der Waals surface area contributed by atoms with Crippen LogP contribution < -0.4 is 5.14 Å². The number of hydrogen-bond donors (Lipinski definition) is 2. The van der Waals surface area contributed by atoms with Crippen LogP contribution in [0.15, 0.2) is 4.90 Å². The van der Waals surface area contributed by atoms with Crippen molar-refractivity contribution >= 4 is 16.0 Å². The maximum absolute atomic E-state index is 11.6. The summed E-state index contributed by atoms with van der Waals surface area (Å²) >= 11 is 0. The summed E-state index contributed by atoms with van der Waals surface area (Å²) in [6, 6.07) is 0. The second kappa shape index (κ2) is 4.84. The Balaban J connectivity index is 3.04. The molecule has 0 atom stereocenters. The number of sulfonamides is 1. The number of aromatic amines is 1. The molecule has 1 aromatic heterocycles.